The van der Waals surface area contributed by atoms with Gasteiger partial charge in [0.05, 0.1) is 5.92 Å². The van der Waals surface area contributed by atoms with Gasteiger partial charge in [-0.2, -0.15) is 0 Å². The van der Waals surface area contributed by atoms with Gasteiger partial charge < -0.3 is 10.6 Å². The SMILES string of the molecule is Cc1cc(SC2CCCCC2)ccc1NC(=O)C1CCCNC1. The molecule has 126 valence electrons. The highest BCUT2D eigenvalue weighted by molar-refractivity contribution is 8.00. The molecule has 1 saturated carbocycles. The Bertz CT molecular complexity index is 534. The maximum atomic E-state index is 12.4. The predicted octanol–water partition coefficient (Wildman–Crippen LogP) is 4.36. The molecule has 2 fully saturated rings. The molecule has 1 aromatic rings. The molecule has 3 rings (SSSR count). The van der Waals surface area contributed by atoms with Crippen LogP contribution in [-0.2, 0) is 4.79 Å². The van der Waals surface area contributed by atoms with Crippen LogP contribution in [0.3, 0.4) is 0 Å². The summed E-state index contributed by atoms with van der Waals surface area (Å²) in [5.41, 5.74) is 2.14. The first-order valence-electron chi connectivity index (χ1n) is 9.01. The molecule has 1 saturated heterocycles. The second-order valence-electron chi connectivity index (χ2n) is 6.89. The molecule has 3 nitrogen and oxygen atoms in total. The number of amides is 1. The molecule has 0 radical (unpaired) electrons. The third-order valence-corrected chi connectivity index (χ3v) is 6.31. The quantitative estimate of drug-likeness (QED) is 0.861. The van der Waals surface area contributed by atoms with Gasteiger partial charge in [-0.3, -0.25) is 4.79 Å². The number of piperidine rings is 1. The summed E-state index contributed by atoms with van der Waals surface area (Å²) in [6.45, 7) is 3.94. The van der Waals surface area contributed by atoms with Gasteiger partial charge in [-0.05, 0) is 62.9 Å². The van der Waals surface area contributed by atoms with Crippen molar-refractivity contribution in [1.82, 2.24) is 5.32 Å². The summed E-state index contributed by atoms with van der Waals surface area (Å²) < 4.78 is 0. The lowest BCUT2D eigenvalue weighted by molar-refractivity contribution is -0.120. The monoisotopic (exact) mass is 332 g/mol. The molecule has 23 heavy (non-hydrogen) atoms. The molecule has 4 heteroatoms. The summed E-state index contributed by atoms with van der Waals surface area (Å²) in [5, 5.41) is 7.20. The van der Waals surface area contributed by atoms with Crippen molar-refractivity contribution in [3.63, 3.8) is 0 Å². The zero-order valence-corrected chi connectivity index (χ0v) is 14.9. The van der Waals surface area contributed by atoms with E-state index in [1.54, 1.807) is 0 Å². The average Bonchev–Trinajstić information content (AvgIpc) is 2.59. The number of nitrogens with one attached hydrogen (secondary N) is 2. The fraction of sp³-hybridized carbons (Fsp3) is 0.632. The van der Waals surface area contributed by atoms with Gasteiger partial charge in [-0.15, -0.1) is 11.8 Å². The van der Waals surface area contributed by atoms with Crippen LogP contribution in [0.1, 0.15) is 50.5 Å². The van der Waals surface area contributed by atoms with Crippen LogP contribution in [0.5, 0.6) is 0 Å². The molecule has 1 aliphatic carbocycles. The van der Waals surface area contributed by atoms with Crippen molar-refractivity contribution >= 4 is 23.4 Å². The summed E-state index contributed by atoms with van der Waals surface area (Å²) >= 11 is 2.01. The third kappa shape index (κ3) is 4.74. The van der Waals surface area contributed by atoms with Gasteiger partial charge in [-0.25, -0.2) is 0 Å². The zero-order valence-electron chi connectivity index (χ0n) is 14.1. The highest BCUT2D eigenvalue weighted by atomic mass is 32.2. The van der Waals surface area contributed by atoms with Gasteiger partial charge >= 0.3 is 0 Å². The van der Waals surface area contributed by atoms with Crippen molar-refractivity contribution in [2.75, 3.05) is 18.4 Å². The Morgan fingerprint density at radius 2 is 2.00 bits per heavy atom. The van der Waals surface area contributed by atoms with E-state index in [2.05, 4.69) is 35.8 Å². The molecular weight excluding hydrogens is 304 g/mol. The third-order valence-electron chi connectivity index (χ3n) is 4.98. The molecule has 0 aromatic heterocycles. The fourth-order valence-corrected chi connectivity index (χ4v) is 4.88. The highest BCUT2D eigenvalue weighted by Crippen LogP contribution is 2.35. The van der Waals surface area contributed by atoms with E-state index in [0.717, 1.165) is 36.9 Å². The van der Waals surface area contributed by atoms with Crippen molar-refractivity contribution < 1.29 is 4.79 Å². The molecule has 1 heterocycles. The minimum atomic E-state index is 0.111. The van der Waals surface area contributed by atoms with Crippen molar-refractivity contribution in [1.29, 1.82) is 0 Å². The number of aryl methyl sites for hydroxylation is 1. The number of thioether (sulfide) groups is 1. The number of benzene rings is 1. The van der Waals surface area contributed by atoms with Gasteiger partial charge in [0.1, 0.15) is 0 Å². The second-order valence-corrected chi connectivity index (χ2v) is 8.26. The zero-order chi connectivity index (χ0) is 16.1. The average molecular weight is 333 g/mol. The highest BCUT2D eigenvalue weighted by Gasteiger charge is 2.21. The van der Waals surface area contributed by atoms with Crippen LogP contribution in [0.2, 0.25) is 0 Å². The first kappa shape index (κ1) is 16.8. The first-order valence-corrected chi connectivity index (χ1v) is 9.89. The molecule has 1 aliphatic heterocycles. The summed E-state index contributed by atoms with van der Waals surface area (Å²) in [6.07, 6.45) is 8.92. The first-order chi connectivity index (χ1) is 11.2. The predicted molar refractivity (Wildman–Crippen MR) is 98.1 cm³/mol. The van der Waals surface area contributed by atoms with Gasteiger partial charge in [0.15, 0.2) is 0 Å². The maximum absolute atomic E-state index is 12.4. The lowest BCUT2D eigenvalue weighted by Gasteiger charge is -2.23. The molecule has 0 bridgehead atoms. The van der Waals surface area contributed by atoms with Crippen LogP contribution >= 0.6 is 11.8 Å². The Morgan fingerprint density at radius 3 is 2.70 bits per heavy atom. The van der Waals surface area contributed by atoms with E-state index in [1.165, 1.54) is 42.6 Å². The Kier molecular flexibility index (Phi) is 6.01. The van der Waals surface area contributed by atoms with Crippen LogP contribution in [0.25, 0.3) is 0 Å². The number of hydrogen-bond acceptors (Lipinski definition) is 3. The van der Waals surface area contributed by atoms with E-state index >= 15 is 0 Å². The summed E-state index contributed by atoms with van der Waals surface area (Å²) in [6, 6.07) is 6.48. The molecule has 1 unspecified atom stereocenters. The van der Waals surface area contributed by atoms with Crippen LogP contribution in [0, 0.1) is 12.8 Å². The standard InChI is InChI=1S/C19H28N2OS/c1-14-12-17(23-16-7-3-2-4-8-16)9-10-18(14)21-19(22)15-6-5-11-20-13-15/h9-10,12,15-16,20H,2-8,11,13H2,1H3,(H,21,22). The van der Waals surface area contributed by atoms with E-state index in [4.69, 9.17) is 0 Å². The second kappa shape index (κ2) is 8.20. The number of anilines is 1. The molecule has 1 aromatic carbocycles. The van der Waals surface area contributed by atoms with Crippen molar-refractivity contribution in [2.45, 2.75) is 62.0 Å². The van der Waals surface area contributed by atoms with Gasteiger partial charge in [0.25, 0.3) is 0 Å². The van der Waals surface area contributed by atoms with Gasteiger partial charge in [0.2, 0.25) is 5.91 Å². The Labute approximate surface area is 144 Å². The molecule has 2 aliphatic rings. The van der Waals surface area contributed by atoms with Crippen molar-refractivity contribution in [2.24, 2.45) is 5.92 Å². The molecule has 1 atom stereocenters. The van der Waals surface area contributed by atoms with E-state index in [1.807, 2.05) is 11.8 Å². The number of rotatable bonds is 4. The molecule has 1 amide bonds. The van der Waals surface area contributed by atoms with Crippen LogP contribution < -0.4 is 10.6 Å². The summed E-state index contributed by atoms with van der Waals surface area (Å²) in [4.78, 5) is 13.7. The lowest BCUT2D eigenvalue weighted by atomic mass is 9.98. The molecular formula is C19H28N2OS. The Morgan fingerprint density at radius 1 is 1.17 bits per heavy atom. The summed E-state index contributed by atoms with van der Waals surface area (Å²) in [5.74, 6) is 0.271. The van der Waals surface area contributed by atoms with Crippen molar-refractivity contribution in [3.05, 3.63) is 23.8 Å². The number of carbonyl (C=O) groups is 1. The molecule has 0 spiro atoms. The minimum absolute atomic E-state index is 0.111. The van der Waals surface area contributed by atoms with E-state index in [9.17, 15) is 4.79 Å². The number of hydrogen-bond donors (Lipinski definition) is 2. The smallest absolute Gasteiger partial charge is 0.228 e. The van der Waals surface area contributed by atoms with Crippen LogP contribution in [-0.4, -0.2) is 24.2 Å². The summed E-state index contributed by atoms with van der Waals surface area (Å²) in [7, 11) is 0. The van der Waals surface area contributed by atoms with E-state index in [0.29, 0.717) is 0 Å². The van der Waals surface area contributed by atoms with Crippen molar-refractivity contribution in [3.8, 4) is 0 Å². The topological polar surface area (TPSA) is 41.1 Å². The molecule has 2 N–H and O–H groups in total. The minimum Gasteiger partial charge on any atom is -0.326 e. The van der Waals surface area contributed by atoms with Crippen LogP contribution in [0.15, 0.2) is 23.1 Å². The Balaban J connectivity index is 1.58. The number of carbonyl (C=O) groups excluding carboxylic acids is 1. The van der Waals surface area contributed by atoms with Gasteiger partial charge in [-0.1, -0.05) is 19.3 Å². The maximum Gasteiger partial charge on any atom is 0.228 e. The normalized spacial score (nSPS) is 22.7. The fourth-order valence-electron chi connectivity index (χ4n) is 3.54. The van der Waals surface area contributed by atoms with Gasteiger partial charge in [0, 0.05) is 22.4 Å². The lowest BCUT2D eigenvalue weighted by Crippen LogP contribution is -2.37. The largest absolute Gasteiger partial charge is 0.326 e. The van der Waals surface area contributed by atoms with E-state index in [-0.39, 0.29) is 11.8 Å². The Hall–Kier alpha value is -1.00. The van der Waals surface area contributed by atoms with Crippen LogP contribution in [0.4, 0.5) is 5.69 Å². The van der Waals surface area contributed by atoms with E-state index < -0.39 is 0 Å².